The molecule has 1 saturated heterocycles. The van der Waals surface area contributed by atoms with Gasteiger partial charge in [-0.25, -0.2) is 0 Å². The lowest BCUT2D eigenvalue weighted by atomic mass is 9.75. The van der Waals surface area contributed by atoms with Crippen molar-refractivity contribution in [3.05, 3.63) is 0 Å². The van der Waals surface area contributed by atoms with Crippen LogP contribution < -0.4 is 0 Å². The average molecular weight is 197 g/mol. The van der Waals surface area contributed by atoms with Crippen molar-refractivity contribution >= 4 is 0 Å². The Kier molecular flexibility index (Phi) is 3.82. The van der Waals surface area contributed by atoms with Crippen LogP contribution in [0.1, 0.15) is 32.1 Å². The summed E-state index contributed by atoms with van der Waals surface area (Å²) in [5.74, 6) is 2.07. The Morgan fingerprint density at radius 2 is 1.93 bits per heavy atom. The summed E-state index contributed by atoms with van der Waals surface area (Å²) in [5.41, 5.74) is 0. The number of likely N-dealkylation sites (tertiary alicyclic amines) is 1. The van der Waals surface area contributed by atoms with E-state index in [4.69, 9.17) is 4.74 Å². The third-order valence-electron chi connectivity index (χ3n) is 3.99. The number of rotatable bonds is 3. The molecule has 2 unspecified atom stereocenters. The van der Waals surface area contributed by atoms with E-state index in [0.717, 1.165) is 25.0 Å². The van der Waals surface area contributed by atoms with Gasteiger partial charge in [0.25, 0.3) is 0 Å². The van der Waals surface area contributed by atoms with Gasteiger partial charge in [0.05, 0.1) is 6.61 Å². The molecule has 2 atom stereocenters. The van der Waals surface area contributed by atoms with Crippen LogP contribution >= 0.6 is 0 Å². The Bertz CT molecular complexity index is 172. The topological polar surface area (TPSA) is 12.5 Å². The maximum atomic E-state index is 5.14. The molecule has 2 nitrogen and oxygen atoms in total. The highest BCUT2D eigenvalue weighted by Crippen LogP contribution is 2.35. The molecule has 1 aliphatic heterocycles. The molecular weight excluding hydrogens is 174 g/mol. The number of fused-ring (bicyclic) bond motifs is 1. The molecule has 2 aliphatic rings. The predicted octanol–water partition coefficient (Wildman–Crippen LogP) is 2.14. The summed E-state index contributed by atoms with van der Waals surface area (Å²) in [5, 5.41) is 0. The van der Waals surface area contributed by atoms with Gasteiger partial charge in [0, 0.05) is 20.2 Å². The second-order valence-corrected chi connectivity index (χ2v) is 4.89. The van der Waals surface area contributed by atoms with Gasteiger partial charge in [0.2, 0.25) is 0 Å². The molecule has 2 heteroatoms. The molecule has 0 aromatic carbocycles. The summed E-state index contributed by atoms with van der Waals surface area (Å²) < 4.78 is 5.14. The van der Waals surface area contributed by atoms with Crippen LogP contribution in [0.3, 0.4) is 0 Å². The van der Waals surface area contributed by atoms with Crippen LogP contribution in [-0.4, -0.2) is 38.3 Å². The van der Waals surface area contributed by atoms with Crippen molar-refractivity contribution in [2.24, 2.45) is 11.8 Å². The fraction of sp³-hybridized carbons (Fsp3) is 1.00. The zero-order valence-electron chi connectivity index (χ0n) is 9.37. The van der Waals surface area contributed by atoms with E-state index in [0.29, 0.717) is 0 Å². The summed E-state index contributed by atoms with van der Waals surface area (Å²) in [6.07, 6.45) is 7.38. The van der Waals surface area contributed by atoms with Gasteiger partial charge in [-0.3, -0.25) is 0 Å². The Balaban J connectivity index is 1.77. The first kappa shape index (κ1) is 10.4. The molecule has 0 N–H and O–H groups in total. The Morgan fingerprint density at radius 3 is 2.71 bits per heavy atom. The second-order valence-electron chi connectivity index (χ2n) is 4.89. The van der Waals surface area contributed by atoms with Crippen molar-refractivity contribution < 1.29 is 4.74 Å². The average Bonchev–Trinajstić information content (AvgIpc) is 2.26. The van der Waals surface area contributed by atoms with Crippen LogP contribution in [0.4, 0.5) is 0 Å². The Labute approximate surface area is 87.6 Å². The zero-order valence-corrected chi connectivity index (χ0v) is 9.37. The first-order valence-electron chi connectivity index (χ1n) is 6.11. The minimum Gasteiger partial charge on any atom is -0.383 e. The fourth-order valence-corrected chi connectivity index (χ4v) is 3.10. The minimum atomic E-state index is 0.900. The van der Waals surface area contributed by atoms with Crippen molar-refractivity contribution in [2.75, 3.05) is 33.4 Å². The van der Waals surface area contributed by atoms with Gasteiger partial charge >= 0.3 is 0 Å². The zero-order chi connectivity index (χ0) is 9.80. The highest BCUT2D eigenvalue weighted by Gasteiger charge is 2.30. The quantitative estimate of drug-likeness (QED) is 0.687. The van der Waals surface area contributed by atoms with Crippen LogP contribution in [0.2, 0.25) is 0 Å². The number of ether oxygens (including phenoxy) is 1. The van der Waals surface area contributed by atoms with E-state index >= 15 is 0 Å². The van der Waals surface area contributed by atoms with E-state index in [1.165, 1.54) is 45.2 Å². The molecule has 1 aliphatic carbocycles. The predicted molar refractivity (Wildman–Crippen MR) is 58.4 cm³/mol. The van der Waals surface area contributed by atoms with E-state index < -0.39 is 0 Å². The lowest BCUT2D eigenvalue weighted by molar-refractivity contribution is 0.0648. The summed E-state index contributed by atoms with van der Waals surface area (Å²) in [6.45, 7) is 4.69. The van der Waals surface area contributed by atoms with Gasteiger partial charge in [-0.2, -0.15) is 0 Å². The molecule has 0 radical (unpaired) electrons. The van der Waals surface area contributed by atoms with Gasteiger partial charge < -0.3 is 9.64 Å². The minimum absolute atomic E-state index is 0.900. The molecule has 14 heavy (non-hydrogen) atoms. The van der Waals surface area contributed by atoms with E-state index in [9.17, 15) is 0 Å². The number of piperidine rings is 1. The van der Waals surface area contributed by atoms with Crippen molar-refractivity contribution in [2.45, 2.75) is 32.1 Å². The normalized spacial score (nSPS) is 34.1. The largest absolute Gasteiger partial charge is 0.383 e. The summed E-state index contributed by atoms with van der Waals surface area (Å²) in [6, 6.07) is 0. The second kappa shape index (κ2) is 5.13. The molecule has 0 amide bonds. The lowest BCUT2D eigenvalue weighted by Gasteiger charge is -2.41. The van der Waals surface area contributed by atoms with Crippen molar-refractivity contribution in [1.29, 1.82) is 0 Å². The third kappa shape index (κ3) is 2.48. The molecule has 0 aromatic heterocycles. The highest BCUT2D eigenvalue weighted by atomic mass is 16.5. The summed E-state index contributed by atoms with van der Waals surface area (Å²) in [7, 11) is 1.80. The molecular formula is C12H23NO. The fourth-order valence-electron chi connectivity index (χ4n) is 3.10. The molecule has 0 spiro atoms. The van der Waals surface area contributed by atoms with E-state index in [1.54, 1.807) is 7.11 Å². The van der Waals surface area contributed by atoms with Crippen LogP contribution in [0.5, 0.6) is 0 Å². The standard InChI is InChI=1S/C12H23NO/c1-14-9-8-13-7-6-11-4-2-3-5-12(11)10-13/h11-12H,2-10H2,1H3. The van der Waals surface area contributed by atoms with Gasteiger partial charge in [-0.15, -0.1) is 0 Å². The monoisotopic (exact) mass is 197 g/mol. The van der Waals surface area contributed by atoms with Gasteiger partial charge in [-0.1, -0.05) is 19.3 Å². The van der Waals surface area contributed by atoms with Gasteiger partial charge in [0.1, 0.15) is 0 Å². The first-order chi connectivity index (χ1) is 6.90. The van der Waals surface area contributed by atoms with Crippen LogP contribution in [0.15, 0.2) is 0 Å². The van der Waals surface area contributed by atoms with Crippen molar-refractivity contribution in [1.82, 2.24) is 4.90 Å². The first-order valence-corrected chi connectivity index (χ1v) is 6.11. The van der Waals surface area contributed by atoms with Gasteiger partial charge in [-0.05, 0) is 31.2 Å². The molecule has 2 rings (SSSR count). The maximum absolute atomic E-state index is 5.14. The SMILES string of the molecule is COCCN1CCC2CCCCC2C1. The van der Waals surface area contributed by atoms with Gasteiger partial charge in [0.15, 0.2) is 0 Å². The Hall–Kier alpha value is -0.0800. The number of hydrogen-bond acceptors (Lipinski definition) is 2. The van der Waals surface area contributed by atoms with Crippen LogP contribution in [0, 0.1) is 11.8 Å². The smallest absolute Gasteiger partial charge is 0.0589 e. The summed E-state index contributed by atoms with van der Waals surface area (Å²) >= 11 is 0. The molecule has 82 valence electrons. The maximum Gasteiger partial charge on any atom is 0.0589 e. The lowest BCUT2D eigenvalue weighted by Crippen LogP contribution is -2.42. The van der Waals surface area contributed by atoms with E-state index in [1.807, 2.05) is 0 Å². The number of methoxy groups -OCH3 is 1. The van der Waals surface area contributed by atoms with Crippen LogP contribution in [-0.2, 0) is 4.74 Å². The number of hydrogen-bond donors (Lipinski definition) is 0. The highest BCUT2D eigenvalue weighted by molar-refractivity contribution is 4.83. The van der Waals surface area contributed by atoms with Crippen molar-refractivity contribution in [3.63, 3.8) is 0 Å². The third-order valence-corrected chi connectivity index (χ3v) is 3.99. The molecule has 0 aromatic rings. The molecule has 1 saturated carbocycles. The molecule has 2 fully saturated rings. The molecule has 1 heterocycles. The van der Waals surface area contributed by atoms with Crippen molar-refractivity contribution in [3.8, 4) is 0 Å². The Morgan fingerprint density at radius 1 is 1.14 bits per heavy atom. The summed E-state index contributed by atoms with van der Waals surface area (Å²) in [4.78, 5) is 2.59. The van der Waals surface area contributed by atoms with E-state index in [-0.39, 0.29) is 0 Å². The van der Waals surface area contributed by atoms with Crippen LogP contribution in [0.25, 0.3) is 0 Å². The molecule has 0 bridgehead atoms. The number of nitrogens with zero attached hydrogens (tertiary/aromatic N) is 1. The van der Waals surface area contributed by atoms with E-state index in [2.05, 4.69) is 4.90 Å².